The predicted molar refractivity (Wildman–Crippen MR) is 71.8 cm³/mol. The number of nitrogens with zero attached hydrogens (tertiary/aromatic N) is 1. The van der Waals surface area contributed by atoms with E-state index in [1.165, 1.54) is 0 Å². The van der Waals surface area contributed by atoms with Crippen molar-refractivity contribution in [3.8, 4) is 0 Å². The van der Waals surface area contributed by atoms with E-state index in [9.17, 15) is 0 Å². The number of nitrogens with one attached hydrogen (secondary N) is 1. The molecule has 4 N–H and O–H groups in total. The second kappa shape index (κ2) is 8.49. The van der Waals surface area contributed by atoms with Crippen LogP contribution in [-0.4, -0.2) is 31.3 Å². The molecule has 0 radical (unpaired) electrons. The van der Waals surface area contributed by atoms with Gasteiger partial charge in [-0.15, -0.1) is 0 Å². The number of hydrogen-bond donors (Lipinski definition) is 3. The van der Waals surface area contributed by atoms with Crippen molar-refractivity contribution in [1.82, 2.24) is 5.32 Å². The molecule has 0 amide bonds. The van der Waals surface area contributed by atoms with Crippen molar-refractivity contribution in [3.63, 3.8) is 0 Å². The van der Waals surface area contributed by atoms with Gasteiger partial charge < -0.3 is 21.0 Å². The highest BCUT2D eigenvalue weighted by Gasteiger charge is 2.05. The molecular weight excluding hydrogens is 230 g/mol. The van der Waals surface area contributed by atoms with Gasteiger partial charge in [0.15, 0.2) is 5.84 Å². The van der Waals surface area contributed by atoms with Crippen molar-refractivity contribution in [3.05, 3.63) is 35.4 Å². The maximum atomic E-state index is 8.71. The van der Waals surface area contributed by atoms with Crippen molar-refractivity contribution in [2.45, 2.75) is 19.4 Å². The van der Waals surface area contributed by atoms with Gasteiger partial charge in [0.1, 0.15) is 0 Å². The molecule has 0 atom stereocenters. The molecule has 100 valence electrons. The van der Waals surface area contributed by atoms with Gasteiger partial charge in [0.05, 0.1) is 0 Å². The van der Waals surface area contributed by atoms with Gasteiger partial charge in [0, 0.05) is 25.8 Å². The van der Waals surface area contributed by atoms with E-state index >= 15 is 0 Å². The summed E-state index contributed by atoms with van der Waals surface area (Å²) in [6.07, 6.45) is 2.12. The number of hydrogen-bond acceptors (Lipinski definition) is 4. The van der Waals surface area contributed by atoms with Gasteiger partial charge in [0.25, 0.3) is 0 Å². The van der Waals surface area contributed by atoms with Crippen LogP contribution >= 0.6 is 0 Å². The Morgan fingerprint density at radius 3 is 2.89 bits per heavy atom. The van der Waals surface area contributed by atoms with E-state index < -0.39 is 0 Å². The summed E-state index contributed by atoms with van der Waals surface area (Å²) in [5, 5.41) is 15.1. The van der Waals surface area contributed by atoms with Crippen LogP contribution in [0.1, 0.15) is 24.0 Å². The first-order chi connectivity index (χ1) is 8.79. The van der Waals surface area contributed by atoms with Crippen LogP contribution in [0.5, 0.6) is 0 Å². The van der Waals surface area contributed by atoms with E-state index in [2.05, 4.69) is 10.5 Å². The molecule has 0 unspecified atom stereocenters. The van der Waals surface area contributed by atoms with Crippen LogP contribution in [0, 0.1) is 0 Å². The molecule has 0 fully saturated rings. The maximum absolute atomic E-state index is 8.71. The fourth-order valence-electron chi connectivity index (χ4n) is 1.70. The number of rotatable bonds is 8. The smallest absolute Gasteiger partial charge is 0.170 e. The second-order valence-corrected chi connectivity index (χ2v) is 4.02. The van der Waals surface area contributed by atoms with Crippen LogP contribution in [0.2, 0.25) is 0 Å². The zero-order chi connectivity index (χ0) is 13.2. The molecule has 18 heavy (non-hydrogen) atoms. The summed E-state index contributed by atoms with van der Waals surface area (Å²) in [7, 11) is 1.71. The molecule has 5 heteroatoms. The van der Waals surface area contributed by atoms with E-state index in [4.69, 9.17) is 15.7 Å². The number of unbranched alkanes of at least 4 members (excludes halogenated alkanes) is 1. The Bertz CT molecular complexity index is 380. The molecule has 0 saturated heterocycles. The third kappa shape index (κ3) is 4.73. The third-order valence-electron chi connectivity index (χ3n) is 2.67. The van der Waals surface area contributed by atoms with Crippen LogP contribution < -0.4 is 11.1 Å². The van der Waals surface area contributed by atoms with Gasteiger partial charge in [-0.05, 0) is 24.9 Å². The summed E-state index contributed by atoms with van der Waals surface area (Å²) >= 11 is 0. The van der Waals surface area contributed by atoms with Crippen molar-refractivity contribution in [2.75, 3.05) is 20.3 Å². The Morgan fingerprint density at radius 1 is 1.39 bits per heavy atom. The lowest BCUT2D eigenvalue weighted by molar-refractivity contribution is 0.192. The number of ether oxygens (including phenoxy) is 1. The monoisotopic (exact) mass is 251 g/mol. The quantitative estimate of drug-likeness (QED) is 0.214. The molecule has 0 aliphatic rings. The SMILES string of the molecule is COCCCCNCc1ccccc1/C(N)=N/O. The number of amidine groups is 1. The molecule has 1 aromatic rings. The van der Waals surface area contributed by atoms with Crippen LogP contribution in [0.3, 0.4) is 0 Å². The van der Waals surface area contributed by atoms with Gasteiger partial charge in [-0.25, -0.2) is 0 Å². The minimum Gasteiger partial charge on any atom is -0.409 e. The molecule has 0 aliphatic carbocycles. The van der Waals surface area contributed by atoms with Crippen LogP contribution in [0.25, 0.3) is 0 Å². The second-order valence-electron chi connectivity index (χ2n) is 4.02. The van der Waals surface area contributed by atoms with Crippen molar-refractivity contribution in [1.29, 1.82) is 0 Å². The average Bonchev–Trinajstić information content (AvgIpc) is 2.42. The molecule has 0 heterocycles. The van der Waals surface area contributed by atoms with E-state index in [0.717, 1.165) is 37.1 Å². The molecule has 0 saturated carbocycles. The topological polar surface area (TPSA) is 79.9 Å². The first-order valence-corrected chi connectivity index (χ1v) is 6.05. The number of nitrogens with two attached hydrogens (primary N) is 1. The zero-order valence-electron chi connectivity index (χ0n) is 10.7. The van der Waals surface area contributed by atoms with E-state index in [-0.39, 0.29) is 5.84 Å². The molecule has 0 aliphatic heterocycles. The first-order valence-electron chi connectivity index (χ1n) is 6.05. The zero-order valence-corrected chi connectivity index (χ0v) is 10.7. The van der Waals surface area contributed by atoms with Gasteiger partial charge in [-0.2, -0.15) is 0 Å². The van der Waals surface area contributed by atoms with Crippen molar-refractivity contribution in [2.24, 2.45) is 10.9 Å². The Hall–Kier alpha value is -1.59. The highest BCUT2D eigenvalue weighted by atomic mass is 16.5. The van der Waals surface area contributed by atoms with E-state index in [0.29, 0.717) is 6.54 Å². The molecule has 1 aromatic carbocycles. The number of benzene rings is 1. The van der Waals surface area contributed by atoms with Gasteiger partial charge in [-0.1, -0.05) is 29.4 Å². The Labute approximate surface area is 108 Å². The summed E-state index contributed by atoms with van der Waals surface area (Å²) in [5.74, 6) is 0.145. The third-order valence-corrected chi connectivity index (χ3v) is 2.67. The molecule has 0 bridgehead atoms. The van der Waals surface area contributed by atoms with Crippen molar-refractivity contribution < 1.29 is 9.94 Å². The van der Waals surface area contributed by atoms with Gasteiger partial charge >= 0.3 is 0 Å². The Kier molecular flexibility index (Phi) is 6.83. The predicted octanol–water partition coefficient (Wildman–Crippen LogP) is 1.30. The van der Waals surface area contributed by atoms with Crippen LogP contribution in [-0.2, 0) is 11.3 Å². The Balaban J connectivity index is 2.42. The first kappa shape index (κ1) is 14.5. The lowest BCUT2D eigenvalue weighted by Gasteiger charge is -2.09. The van der Waals surface area contributed by atoms with E-state index in [1.807, 2.05) is 24.3 Å². The fraction of sp³-hybridized carbons (Fsp3) is 0.462. The molecule has 5 nitrogen and oxygen atoms in total. The molecule has 0 aromatic heterocycles. The summed E-state index contributed by atoms with van der Waals surface area (Å²) in [6, 6.07) is 7.62. The summed E-state index contributed by atoms with van der Waals surface area (Å²) in [4.78, 5) is 0. The van der Waals surface area contributed by atoms with Gasteiger partial charge in [-0.3, -0.25) is 0 Å². The van der Waals surface area contributed by atoms with Crippen LogP contribution in [0.4, 0.5) is 0 Å². The number of methoxy groups -OCH3 is 1. The summed E-state index contributed by atoms with van der Waals surface area (Å²) < 4.78 is 4.98. The largest absolute Gasteiger partial charge is 0.409 e. The minimum atomic E-state index is 0.145. The van der Waals surface area contributed by atoms with Gasteiger partial charge in [0.2, 0.25) is 0 Å². The molecule has 0 spiro atoms. The fourth-order valence-corrected chi connectivity index (χ4v) is 1.70. The standard InChI is InChI=1S/C13H21N3O2/c1-18-9-5-4-8-15-10-11-6-2-3-7-12(11)13(14)16-17/h2-3,6-7,15,17H,4-5,8-10H2,1H3,(H2,14,16). The average molecular weight is 251 g/mol. The number of oxime groups is 1. The summed E-state index contributed by atoms with van der Waals surface area (Å²) in [6.45, 7) is 2.43. The Morgan fingerprint density at radius 2 is 2.17 bits per heavy atom. The highest BCUT2D eigenvalue weighted by molar-refractivity contribution is 5.98. The normalized spacial score (nSPS) is 11.7. The van der Waals surface area contributed by atoms with Crippen molar-refractivity contribution >= 4 is 5.84 Å². The maximum Gasteiger partial charge on any atom is 0.170 e. The van der Waals surface area contributed by atoms with E-state index in [1.54, 1.807) is 7.11 Å². The molecular formula is C13H21N3O2. The highest BCUT2D eigenvalue weighted by Crippen LogP contribution is 2.08. The minimum absolute atomic E-state index is 0.145. The van der Waals surface area contributed by atoms with Crippen LogP contribution in [0.15, 0.2) is 29.4 Å². The summed E-state index contributed by atoms with van der Waals surface area (Å²) in [5.41, 5.74) is 7.42. The lowest BCUT2D eigenvalue weighted by Crippen LogP contribution is -2.20. The lowest BCUT2D eigenvalue weighted by atomic mass is 10.1. The molecule has 1 rings (SSSR count).